The summed E-state index contributed by atoms with van der Waals surface area (Å²) < 4.78 is 1.66. The first-order valence-corrected chi connectivity index (χ1v) is 7.24. The number of nitrogens with zero attached hydrogens (tertiary/aromatic N) is 3. The first kappa shape index (κ1) is 13.7. The summed E-state index contributed by atoms with van der Waals surface area (Å²) in [6.45, 7) is 1.52. The highest BCUT2D eigenvalue weighted by atomic mass is 16.4. The summed E-state index contributed by atoms with van der Waals surface area (Å²) in [5.41, 5.74) is 3.60. The fourth-order valence-corrected chi connectivity index (χ4v) is 2.94. The molecule has 1 aliphatic heterocycles. The second-order valence-corrected chi connectivity index (χ2v) is 5.44. The Morgan fingerprint density at radius 2 is 2.14 bits per heavy atom. The number of carboxylic acid groups (broad SMARTS) is 1. The number of benzene rings is 1. The van der Waals surface area contributed by atoms with Crippen molar-refractivity contribution in [2.75, 3.05) is 11.4 Å². The summed E-state index contributed by atoms with van der Waals surface area (Å²) >= 11 is 0. The summed E-state index contributed by atoms with van der Waals surface area (Å²) in [7, 11) is 1.80. The molecule has 0 spiro atoms. The van der Waals surface area contributed by atoms with Crippen LogP contribution in [0.4, 0.5) is 5.69 Å². The normalized spacial score (nSPS) is 14.6. The molecule has 1 aromatic carbocycles. The van der Waals surface area contributed by atoms with Gasteiger partial charge in [0.15, 0.2) is 0 Å². The van der Waals surface area contributed by atoms with E-state index < -0.39 is 5.97 Å². The van der Waals surface area contributed by atoms with Crippen LogP contribution in [0, 0.1) is 0 Å². The maximum atomic E-state index is 11.3. The van der Waals surface area contributed by atoms with Gasteiger partial charge in [-0.2, -0.15) is 5.10 Å². The molecule has 0 saturated heterocycles. The Morgan fingerprint density at radius 1 is 1.33 bits per heavy atom. The van der Waals surface area contributed by atoms with Crippen molar-refractivity contribution in [1.29, 1.82) is 0 Å². The average molecular weight is 285 g/mol. The quantitative estimate of drug-likeness (QED) is 0.941. The van der Waals surface area contributed by atoms with Crippen LogP contribution in [0.3, 0.4) is 0 Å². The number of para-hydroxylation sites is 1. The molecule has 2 heterocycles. The van der Waals surface area contributed by atoms with Crippen molar-refractivity contribution in [2.24, 2.45) is 7.05 Å². The van der Waals surface area contributed by atoms with E-state index in [4.69, 9.17) is 0 Å². The molecule has 0 amide bonds. The van der Waals surface area contributed by atoms with Gasteiger partial charge in [0.1, 0.15) is 5.56 Å². The third kappa shape index (κ3) is 2.63. The van der Waals surface area contributed by atoms with Gasteiger partial charge in [-0.15, -0.1) is 0 Å². The predicted octanol–water partition coefficient (Wildman–Crippen LogP) is 2.46. The molecule has 1 N–H and O–H groups in total. The molecule has 1 aliphatic rings. The molecule has 0 aliphatic carbocycles. The van der Waals surface area contributed by atoms with Gasteiger partial charge < -0.3 is 10.0 Å². The van der Waals surface area contributed by atoms with Crippen molar-refractivity contribution in [1.82, 2.24) is 9.78 Å². The van der Waals surface area contributed by atoms with E-state index in [-0.39, 0.29) is 0 Å². The van der Waals surface area contributed by atoms with E-state index in [1.54, 1.807) is 11.7 Å². The second-order valence-electron chi connectivity index (χ2n) is 5.44. The highest BCUT2D eigenvalue weighted by Crippen LogP contribution is 2.27. The minimum Gasteiger partial charge on any atom is -0.478 e. The average Bonchev–Trinajstić information content (AvgIpc) is 2.71. The van der Waals surface area contributed by atoms with E-state index in [1.807, 2.05) is 6.07 Å². The number of aromatic carboxylic acids is 1. The smallest absolute Gasteiger partial charge is 0.339 e. The third-order valence-electron chi connectivity index (χ3n) is 4.09. The summed E-state index contributed by atoms with van der Waals surface area (Å²) in [6.07, 6.45) is 4.81. The summed E-state index contributed by atoms with van der Waals surface area (Å²) in [4.78, 5) is 13.6. The number of hydrogen-bond donors (Lipinski definition) is 1. The first-order valence-electron chi connectivity index (χ1n) is 7.24. The van der Waals surface area contributed by atoms with E-state index in [1.165, 1.54) is 23.9 Å². The number of anilines is 1. The molecule has 0 saturated carbocycles. The van der Waals surface area contributed by atoms with E-state index in [2.05, 4.69) is 28.2 Å². The topological polar surface area (TPSA) is 58.4 Å². The Hall–Kier alpha value is -2.30. The Bertz CT molecular complexity index is 663. The van der Waals surface area contributed by atoms with Crippen LogP contribution in [-0.4, -0.2) is 27.4 Å². The van der Waals surface area contributed by atoms with Crippen LogP contribution < -0.4 is 4.90 Å². The van der Waals surface area contributed by atoms with Gasteiger partial charge in [-0.3, -0.25) is 4.68 Å². The Kier molecular flexibility index (Phi) is 3.64. The van der Waals surface area contributed by atoms with E-state index in [9.17, 15) is 9.90 Å². The summed E-state index contributed by atoms with van der Waals surface area (Å²) in [5, 5.41) is 13.4. The number of aromatic nitrogens is 2. The van der Waals surface area contributed by atoms with Crippen LogP contribution in [0.15, 0.2) is 30.5 Å². The lowest BCUT2D eigenvalue weighted by Crippen LogP contribution is -2.26. The molecule has 1 aromatic heterocycles. The largest absolute Gasteiger partial charge is 0.478 e. The van der Waals surface area contributed by atoms with Crippen molar-refractivity contribution in [3.05, 3.63) is 47.3 Å². The molecule has 0 bridgehead atoms. The number of carboxylic acids is 1. The highest BCUT2D eigenvalue weighted by molar-refractivity contribution is 5.88. The molecule has 0 atom stereocenters. The number of fused-ring (bicyclic) bond motifs is 1. The maximum absolute atomic E-state index is 11.3. The zero-order valence-electron chi connectivity index (χ0n) is 12.1. The zero-order valence-corrected chi connectivity index (χ0v) is 12.1. The predicted molar refractivity (Wildman–Crippen MR) is 80.6 cm³/mol. The van der Waals surface area contributed by atoms with Crippen LogP contribution in [0.5, 0.6) is 0 Å². The van der Waals surface area contributed by atoms with E-state index >= 15 is 0 Å². The molecule has 3 rings (SSSR count). The Balaban J connectivity index is 1.95. The van der Waals surface area contributed by atoms with Crippen molar-refractivity contribution in [3.63, 3.8) is 0 Å². The molecular formula is C16H19N3O2. The first-order chi connectivity index (χ1) is 10.2. The summed E-state index contributed by atoms with van der Waals surface area (Å²) in [5.74, 6) is -0.916. The highest BCUT2D eigenvalue weighted by Gasteiger charge is 2.20. The van der Waals surface area contributed by atoms with Gasteiger partial charge in [0.2, 0.25) is 0 Å². The van der Waals surface area contributed by atoms with E-state index in [0.717, 1.165) is 25.1 Å². The monoisotopic (exact) mass is 285 g/mol. The molecule has 0 radical (unpaired) electrons. The molecule has 21 heavy (non-hydrogen) atoms. The Labute approximate surface area is 123 Å². The van der Waals surface area contributed by atoms with Crippen LogP contribution in [-0.2, 0) is 20.0 Å². The van der Waals surface area contributed by atoms with Crippen molar-refractivity contribution < 1.29 is 9.90 Å². The fourth-order valence-electron chi connectivity index (χ4n) is 2.94. The fraction of sp³-hybridized carbons (Fsp3) is 0.375. The number of rotatable bonds is 3. The number of aryl methyl sites for hydroxylation is 2. The molecule has 5 nitrogen and oxygen atoms in total. The van der Waals surface area contributed by atoms with E-state index in [0.29, 0.717) is 12.1 Å². The number of hydrogen-bond acceptors (Lipinski definition) is 3. The lowest BCUT2D eigenvalue weighted by atomic mass is 10.1. The van der Waals surface area contributed by atoms with Gasteiger partial charge in [0.05, 0.1) is 18.4 Å². The van der Waals surface area contributed by atoms with Crippen molar-refractivity contribution in [2.45, 2.75) is 25.8 Å². The van der Waals surface area contributed by atoms with Crippen molar-refractivity contribution >= 4 is 11.7 Å². The lowest BCUT2D eigenvalue weighted by Gasteiger charge is -2.25. The SMILES string of the molecule is Cn1ncc(C(=O)O)c1CN1CCCCc2ccccc21. The molecular weight excluding hydrogens is 266 g/mol. The zero-order chi connectivity index (χ0) is 14.8. The standard InChI is InChI=1S/C16H19N3O2/c1-18-15(13(10-17-18)16(20)21)11-19-9-5-4-7-12-6-2-3-8-14(12)19/h2-3,6,8,10H,4-5,7,9,11H2,1H3,(H,20,21). The molecule has 2 aromatic rings. The van der Waals surface area contributed by atoms with Gasteiger partial charge in [0.25, 0.3) is 0 Å². The maximum Gasteiger partial charge on any atom is 0.339 e. The van der Waals surface area contributed by atoms with Crippen molar-refractivity contribution in [3.8, 4) is 0 Å². The third-order valence-corrected chi connectivity index (χ3v) is 4.09. The van der Waals surface area contributed by atoms with Crippen LogP contribution in [0.25, 0.3) is 0 Å². The van der Waals surface area contributed by atoms with Gasteiger partial charge >= 0.3 is 5.97 Å². The minimum atomic E-state index is -0.916. The van der Waals surface area contributed by atoms with Gasteiger partial charge in [-0.25, -0.2) is 4.79 Å². The van der Waals surface area contributed by atoms with Gasteiger partial charge in [-0.05, 0) is 30.9 Å². The molecule has 110 valence electrons. The summed E-state index contributed by atoms with van der Waals surface area (Å²) in [6, 6.07) is 8.39. The molecule has 0 fully saturated rings. The van der Waals surface area contributed by atoms with Crippen LogP contribution >= 0.6 is 0 Å². The van der Waals surface area contributed by atoms with Crippen LogP contribution in [0.1, 0.15) is 34.5 Å². The Morgan fingerprint density at radius 3 is 2.95 bits per heavy atom. The minimum absolute atomic E-state index is 0.291. The van der Waals surface area contributed by atoms with Crippen LogP contribution in [0.2, 0.25) is 0 Å². The molecule has 5 heteroatoms. The second kappa shape index (κ2) is 5.60. The number of carbonyl (C=O) groups is 1. The van der Waals surface area contributed by atoms with Gasteiger partial charge in [-0.1, -0.05) is 18.2 Å². The van der Waals surface area contributed by atoms with Gasteiger partial charge in [0, 0.05) is 19.3 Å². The molecule has 0 unspecified atom stereocenters. The lowest BCUT2D eigenvalue weighted by molar-refractivity contribution is 0.0695.